The Morgan fingerprint density at radius 3 is 2.52 bits per heavy atom. The number of nitrogens with zero attached hydrogens (tertiary/aromatic N) is 2. The zero-order chi connectivity index (χ0) is 21.1. The van der Waals surface area contributed by atoms with Crippen LogP contribution in [0.2, 0.25) is 0 Å². The molecule has 158 valence electrons. The summed E-state index contributed by atoms with van der Waals surface area (Å²) in [6, 6.07) is 9.07. The van der Waals surface area contributed by atoms with E-state index in [-0.39, 0.29) is 23.0 Å². The molecule has 0 amide bonds. The first kappa shape index (κ1) is 21.7. The quantitative estimate of drug-likeness (QED) is 0.685. The van der Waals surface area contributed by atoms with Crippen molar-refractivity contribution in [2.45, 2.75) is 56.6 Å². The minimum atomic E-state index is -3.80. The van der Waals surface area contributed by atoms with Crippen LogP contribution < -0.4 is 4.74 Å². The van der Waals surface area contributed by atoms with Gasteiger partial charge in [0.1, 0.15) is 10.6 Å². The van der Waals surface area contributed by atoms with Crippen LogP contribution in [-0.4, -0.2) is 44.1 Å². The van der Waals surface area contributed by atoms with Gasteiger partial charge in [0.15, 0.2) is 0 Å². The predicted octanol–water partition coefficient (Wildman–Crippen LogP) is 3.76. The Balaban J connectivity index is 2.03. The van der Waals surface area contributed by atoms with Gasteiger partial charge in [-0.05, 0) is 53.6 Å². The lowest BCUT2D eigenvalue weighted by atomic mass is 9.87. The van der Waals surface area contributed by atoms with Crippen LogP contribution in [0.25, 0.3) is 0 Å². The third-order valence-electron chi connectivity index (χ3n) is 5.19. The summed E-state index contributed by atoms with van der Waals surface area (Å²) in [5, 5.41) is 0. The van der Waals surface area contributed by atoms with E-state index in [1.54, 1.807) is 24.5 Å². The van der Waals surface area contributed by atoms with Crippen molar-refractivity contribution in [2.24, 2.45) is 0 Å². The minimum Gasteiger partial charge on any atom is -0.495 e. The maximum Gasteiger partial charge on any atom is 0.247 e. The van der Waals surface area contributed by atoms with E-state index in [0.717, 1.165) is 24.0 Å². The summed E-state index contributed by atoms with van der Waals surface area (Å²) in [5.41, 5.74) is 1.64. The van der Waals surface area contributed by atoms with Crippen molar-refractivity contribution < 1.29 is 17.9 Å². The molecule has 0 radical (unpaired) electrons. The van der Waals surface area contributed by atoms with Gasteiger partial charge in [-0.15, -0.1) is 0 Å². The van der Waals surface area contributed by atoms with E-state index in [4.69, 9.17) is 9.47 Å². The number of rotatable bonds is 7. The smallest absolute Gasteiger partial charge is 0.247 e. The Morgan fingerprint density at radius 1 is 1.21 bits per heavy atom. The zero-order valence-electron chi connectivity index (χ0n) is 17.6. The fourth-order valence-electron chi connectivity index (χ4n) is 3.44. The van der Waals surface area contributed by atoms with Crippen LogP contribution in [0.15, 0.2) is 47.6 Å². The average Bonchev–Trinajstić information content (AvgIpc) is 3.20. The number of pyridine rings is 1. The number of methoxy groups -OCH3 is 1. The molecule has 1 aliphatic heterocycles. The molecule has 0 N–H and O–H groups in total. The largest absolute Gasteiger partial charge is 0.495 e. The molecule has 0 spiro atoms. The van der Waals surface area contributed by atoms with Crippen LogP contribution in [0.5, 0.6) is 5.75 Å². The second-order valence-electron chi connectivity index (χ2n) is 8.40. The molecule has 6 nitrogen and oxygen atoms in total. The molecule has 2 heterocycles. The third kappa shape index (κ3) is 5.15. The summed E-state index contributed by atoms with van der Waals surface area (Å²) < 4.78 is 40.2. The Morgan fingerprint density at radius 2 is 1.93 bits per heavy atom. The van der Waals surface area contributed by atoms with E-state index in [9.17, 15) is 8.42 Å². The van der Waals surface area contributed by atoms with Crippen molar-refractivity contribution in [2.75, 3.05) is 20.3 Å². The van der Waals surface area contributed by atoms with Gasteiger partial charge >= 0.3 is 0 Å². The highest BCUT2D eigenvalue weighted by Crippen LogP contribution is 2.33. The molecule has 1 aliphatic rings. The summed E-state index contributed by atoms with van der Waals surface area (Å²) in [6.45, 7) is 7.43. The van der Waals surface area contributed by atoms with Gasteiger partial charge in [0.2, 0.25) is 10.0 Å². The maximum atomic E-state index is 13.8. The van der Waals surface area contributed by atoms with Crippen molar-refractivity contribution in [1.82, 2.24) is 9.29 Å². The minimum absolute atomic E-state index is 0.0941. The molecule has 0 aliphatic carbocycles. The van der Waals surface area contributed by atoms with Gasteiger partial charge in [-0.1, -0.05) is 26.8 Å². The number of hydrogen-bond acceptors (Lipinski definition) is 5. The van der Waals surface area contributed by atoms with Gasteiger partial charge in [0.05, 0.1) is 13.2 Å². The highest BCUT2D eigenvalue weighted by Gasteiger charge is 2.32. The normalized spacial score (nSPS) is 17.6. The van der Waals surface area contributed by atoms with E-state index in [0.29, 0.717) is 18.9 Å². The Kier molecular flexibility index (Phi) is 6.61. The third-order valence-corrected chi connectivity index (χ3v) is 7.02. The van der Waals surface area contributed by atoms with Crippen LogP contribution in [0.3, 0.4) is 0 Å². The molecular weight excluding hydrogens is 388 g/mol. The first-order valence-corrected chi connectivity index (χ1v) is 11.3. The molecular formula is C22H30N2O4S. The first-order valence-electron chi connectivity index (χ1n) is 9.91. The summed E-state index contributed by atoms with van der Waals surface area (Å²) in [5.74, 6) is 0.352. The average molecular weight is 419 g/mol. The lowest BCUT2D eigenvalue weighted by molar-refractivity contribution is 0.0925. The number of benzene rings is 1. The number of sulfonamides is 1. The summed E-state index contributed by atoms with van der Waals surface area (Å²) in [4.78, 5) is 4.22. The lowest BCUT2D eigenvalue weighted by Gasteiger charge is -2.27. The van der Waals surface area contributed by atoms with Crippen molar-refractivity contribution >= 4 is 10.0 Å². The second kappa shape index (κ2) is 8.81. The molecule has 2 aromatic rings. The standard InChI is InChI=1S/C22H30N2O4S/c1-22(2,3)18-7-8-20(27-4)21(14-18)29(25,26)24(16-19-6-5-13-28-19)15-17-9-11-23-12-10-17/h7-12,14,19H,5-6,13,15-16H2,1-4H3. The van der Waals surface area contributed by atoms with Gasteiger partial charge in [0, 0.05) is 32.1 Å². The molecule has 0 bridgehead atoms. The van der Waals surface area contributed by atoms with Gasteiger partial charge < -0.3 is 9.47 Å². The Bertz CT molecular complexity index is 918. The van der Waals surface area contributed by atoms with Crippen LogP contribution in [0, 0.1) is 0 Å². The van der Waals surface area contributed by atoms with E-state index in [1.165, 1.54) is 11.4 Å². The number of hydrogen-bond donors (Lipinski definition) is 0. The van der Waals surface area contributed by atoms with E-state index in [1.807, 2.05) is 18.2 Å². The van der Waals surface area contributed by atoms with Gasteiger partial charge in [-0.25, -0.2) is 8.42 Å². The second-order valence-corrected chi connectivity index (χ2v) is 10.3. The maximum absolute atomic E-state index is 13.8. The fourth-order valence-corrected chi connectivity index (χ4v) is 5.08. The molecule has 3 rings (SSSR count). The molecule has 1 aromatic carbocycles. The van der Waals surface area contributed by atoms with E-state index < -0.39 is 10.0 Å². The Labute approximate surface area is 173 Å². The summed E-state index contributed by atoms with van der Waals surface area (Å²) >= 11 is 0. The molecule has 1 aromatic heterocycles. The molecule has 1 atom stereocenters. The molecule has 0 saturated carbocycles. The molecule has 7 heteroatoms. The number of aromatic nitrogens is 1. The molecule has 1 fully saturated rings. The van der Waals surface area contributed by atoms with Crippen molar-refractivity contribution in [3.63, 3.8) is 0 Å². The van der Waals surface area contributed by atoms with Crippen molar-refractivity contribution in [3.05, 3.63) is 53.9 Å². The van der Waals surface area contributed by atoms with Gasteiger partial charge in [0.25, 0.3) is 0 Å². The number of ether oxygens (including phenoxy) is 2. The monoisotopic (exact) mass is 418 g/mol. The molecule has 1 saturated heterocycles. The highest BCUT2D eigenvalue weighted by atomic mass is 32.2. The van der Waals surface area contributed by atoms with Crippen molar-refractivity contribution in [1.29, 1.82) is 0 Å². The fraction of sp³-hybridized carbons (Fsp3) is 0.500. The topological polar surface area (TPSA) is 68.7 Å². The zero-order valence-corrected chi connectivity index (χ0v) is 18.4. The molecule has 29 heavy (non-hydrogen) atoms. The first-order chi connectivity index (χ1) is 13.7. The van der Waals surface area contributed by atoms with E-state index >= 15 is 0 Å². The SMILES string of the molecule is COc1ccc(C(C)(C)C)cc1S(=O)(=O)N(Cc1ccncc1)CC1CCCO1. The Hall–Kier alpha value is -1.96. The van der Waals surface area contributed by atoms with Crippen LogP contribution in [-0.2, 0) is 26.7 Å². The predicted molar refractivity (Wildman–Crippen MR) is 113 cm³/mol. The van der Waals surface area contributed by atoms with Crippen LogP contribution in [0.1, 0.15) is 44.7 Å². The van der Waals surface area contributed by atoms with Gasteiger partial charge in [-0.3, -0.25) is 4.98 Å². The molecule has 1 unspecified atom stereocenters. The lowest BCUT2D eigenvalue weighted by Crippen LogP contribution is -2.37. The van der Waals surface area contributed by atoms with Crippen molar-refractivity contribution in [3.8, 4) is 5.75 Å². The van der Waals surface area contributed by atoms with Crippen LogP contribution in [0.4, 0.5) is 0 Å². The van der Waals surface area contributed by atoms with E-state index in [2.05, 4.69) is 25.8 Å². The summed E-state index contributed by atoms with van der Waals surface area (Å²) in [6.07, 6.45) is 5.07. The van der Waals surface area contributed by atoms with Gasteiger partial charge in [-0.2, -0.15) is 4.31 Å². The summed E-state index contributed by atoms with van der Waals surface area (Å²) in [7, 11) is -2.31. The highest BCUT2D eigenvalue weighted by molar-refractivity contribution is 7.89. The van der Waals surface area contributed by atoms with Crippen LogP contribution >= 0.6 is 0 Å².